The van der Waals surface area contributed by atoms with Crippen LogP contribution in [0, 0.1) is 0 Å². The van der Waals surface area contributed by atoms with Crippen LogP contribution in [0.15, 0.2) is 0 Å². The molecule has 0 heterocycles. The van der Waals surface area contributed by atoms with Crippen molar-refractivity contribution in [1.29, 1.82) is 0 Å². The Bertz CT molecular complexity index is 61.2. The van der Waals surface area contributed by atoms with E-state index < -0.39 is 5.78 Å². The third kappa shape index (κ3) is 22.0. The average molecular weight is 111 g/mol. The van der Waals surface area contributed by atoms with Gasteiger partial charge >= 0.3 is 29.6 Å². The van der Waals surface area contributed by atoms with E-state index in [1.807, 2.05) is 0 Å². The second-order valence-electron chi connectivity index (χ2n) is 0.658. The quantitative estimate of drug-likeness (QED) is 0.200. The summed E-state index contributed by atoms with van der Waals surface area (Å²) in [4.78, 5) is 18.4. The molecule has 4 heteroatoms. The Morgan fingerprint density at radius 1 is 1.57 bits per heavy atom. The van der Waals surface area contributed by atoms with Gasteiger partial charge in [0.05, 0.1) is 0 Å². The van der Waals surface area contributed by atoms with Gasteiger partial charge in [0.15, 0.2) is 0 Å². The predicted molar refractivity (Wildman–Crippen MR) is 18.3 cm³/mol. The van der Waals surface area contributed by atoms with Crippen LogP contribution in [0.2, 0.25) is 0 Å². The Balaban J connectivity index is -0.0000000800. The summed E-state index contributed by atoms with van der Waals surface area (Å²) in [5, 5.41) is 0. The number of carbonyl (C=O) groups is 1. The molecule has 0 aliphatic rings. The molecule has 0 aliphatic carbocycles. The topological polar surface area (TPSA) is 64.1 Å². The van der Waals surface area contributed by atoms with Crippen LogP contribution in [-0.2, 0) is 9.59 Å². The minimum atomic E-state index is -0.551. The monoisotopic (exact) mass is 111 g/mol. The molecule has 0 bridgehead atoms. The van der Waals surface area contributed by atoms with E-state index in [0.717, 1.165) is 13.2 Å². The van der Waals surface area contributed by atoms with Gasteiger partial charge in [-0.15, -0.1) is 0 Å². The minimum absolute atomic E-state index is 0. The minimum Gasteiger partial charge on any atom is -0.870 e. The van der Waals surface area contributed by atoms with Crippen molar-refractivity contribution in [3.63, 3.8) is 0 Å². The second-order valence-corrected chi connectivity index (χ2v) is 0.658. The van der Waals surface area contributed by atoms with Gasteiger partial charge in [-0.05, 0) is 6.92 Å². The van der Waals surface area contributed by atoms with Crippen molar-refractivity contribution in [3.8, 4) is 0 Å². The van der Waals surface area contributed by atoms with E-state index in [4.69, 9.17) is 4.79 Å². The van der Waals surface area contributed by atoms with Crippen LogP contribution in [0.1, 0.15) is 6.92 Å². The zero-order valence-electron chi connectivity index (χ0n) is 4.26. The van der Waals surface area contributed by atoms with Crippen molar-refractivity contribution < 1.29 is 44.6 Å². The van der Waals surface area contributed by atoms with Crippen LogP contribution in [0.3, 0.4) is 0 Å². The molecule has 36 valence electrons. The maximum absolute atomic E-state index is 9.39. The van der Waals surface area contributed by atoms with Crippen LogP contribution in [0.4, 0.5) is 0 Å². The SMILES string of the molecule is CC(=O)[C-]=O.[Na+].[OH-]. The third-order valence-electron chi connectivity index (χ3n) is 0.144. The molecule has 0 atom stereocenters. The molecular weight excluding hydrogens is 107 g/mol. The summed E-state index contributed by atoms with van der Waals surface area (Å²) in [6.45, 7) is 1.16. The van der Waals surface area contributed by atoms with E-state index in [9.17, 15) is 4.79 Å². The molecule has 0 aromatic carbocycles. The molecule has 0 aliphatic heterocycles. The third-order valence-corrected chi connectivity index (χ3v) is 0.144. The molecule has 0 unspecified atom stereocenters. The zero-order chi connectivity index (χ0) is 4.28. The maximum atomic E-state index is 9.39. The molecule has 0 aromatic heterocycles. The van der Waals surface area contributed by atoms with Crippen molar-refractivity contribution in [3.05, 3.63) is 0 Å². The molecule has 0 amide bonds. The van der Waals surface area contributed by atoms with Gasteiger partial charge in [-0.1, -0.05) is 0 Å². The van der Waals surface area contributed by atoms with Crippen LogP contribution in [0.5, 0.6) is 0 Å². The number of Topliss-reactive ketones (excluding diaryl/α,β-unsaturated/α-hetero) is 1. The van der Waals surface area contributed by atoms with Crippen LogP contribution in [0.25, 0.3) is 0 Å². The average Bonchev–Trinajstić information content (AvgIpc) is 1.38. The van der Waals surface area contributed by atoms with E-state index in [-0.39, 0.29) is 35.0 Å². The van der Waals surface area contributed by atoms with Gasteiger partial charge in [-0.3, -0.25) is 0 Å². The fourth-order valence-corrected chi connectivity index (χ4v) is 0. The van der Waals surface area contributed by atoms with E-state index in [1.165, 1.54) is 0 Å². The largest absolute Gasteiger partial charge is 1.00 e. The maximum Gasteiger partial charge on any atom is 1.00 e. The summed E-state index contributed by atoms with van der Waals surface area (Å²) < 4.78 is 0. The van der Waals surface area contributed by atoms with Gasteiger partial charge in [0.2, 0.25) is 0 Å². The molecule has 0 spiro atoms. The molecule has 0 rings (SSSR count). The van der Waals surface area contributed by atoms with Crippen molar-refractivity contribution in [1.82, 2.24) is 0 Å². The molecule has 0 saturated heterocycles. The first-order valence-electron chi connectivity index (χ1n) is 1.16. The normalized spacial score (nSPS) is 4.71. The summed E-state index contributed by atoms with van der Waals surface area (Å²) in [6.07, 6.45) is 1.14. The second kappa shape index (κ2) is 9.57. The van der Waals surface area contributed by atoms with Gasteiger partial charge in [-0.2, -0.15) is 6.29 Å². The molecule has 7 heavy (non-hydrogen) atoms. The Kier molecular flexibility index (Phi) is 21.4. The van der Waals surface area contributed by atoms with Gasteiger partial charge in [0.1, 0.15) is 0 Å². The molecule has 0 radical (unpaired) electrons. The standard InChI is InChI=1S/C3H3O2.Na.H2O/c1-3(5)2-4;;/h1H3;;1H2/q-1;+1;/p-1. The first-order valence-corrected chi connectivity index (χ1v) is 1.16. The summed E-state index contributed by atoms with van der Waals surface area (Å²) >= 11 is 0. The van der Waals surface area contributed by atoms with Crippen molar-refractivity contribution in [2.24, 2.45) is 0 Å². The van der Waals surface area contributed by atoms with E-state index in [1.54, 1.807) is 0 Å². The zero-order valence-corrected chi connectivity index (χ0v) is 6.26. The number of carbonyl (C=O) groups excluding carboxylic acids is 2. The van der Waals surface area contributed by atoms with Gasteiger partial charge in [0.25, 0.3) is 0 Å². The first kappa shape index (κ1) is 15.7. The number of hydrogen-bond donors (Lipinski definition) is 0. The Labute approximate surface area is 63.7 Å². The summed E-state index contributed by atoms with van der Waals surface area (Å²) in [5.41, 5.74) is 0. The van der Waals surface area contributed by atoms with Crippen molar-refractivity contribution >= 4 is 12.1 Å². The first-order chi connectivity index (χ1) is 2.27. The fourth-order valence-electron chi connectivity index (χ4n) is 0. The molecule has 1 N–H and O–H groups in total. The molecule has 3 nitrogen and oxygen atoms in total. The number of ketones is 1. The summed E-state index contributed by atoms with van der Waals surface area (Å²) in [5.74, 6) is -0.551. The molecule has 0 fully saturated rings. The van der Waals surface area contributed by atoms with Crippen LogP contribution in [-0.4, -0.2) is 17.5 Å². The Morgan fingerprint density at radius 3 is 1.71 bits per heavy atom. The Morgan fingerprint density at radius 2 is 1.71 bits per heavy atom. The van der Waals surface area contributed by atoms with Gasteiger partial charge in [-0.25, -0.2) is 0 Å². The molecule has 0 aromatic rings. The number of rotatable bonds is 1. The van der Waals surface area contributed by atoms with Crippen molar-refractivity contribution in [2.45, 2.75) is 6.92 Å². The van der Waals surface area contributed by atoms with Crippen LogP contribution >= 0.6 is 0 Å². The fraction of sp³-hybridized carbons (Fsp3) is 0.333. The smallest absolute Gasteiger partial charge is 0.870 e. The molecular formula is C3H4NaO3-. The van der Waals surface area contributed by atoms with Crippen LogP contribution < -0.4 is 29.6 Å². The van der Waals surface area contributed by atoms with E-state index >= 15 is 0 Å². The summed E-state index contributed by atoms with van der Waals surface area (Å²) in [7, 11) is 0. The molecule has 0 saturated carbocycles. The Hall–Kier alpha value is 0.300. The van der Waals surface area contributed by atoms with E-state index in [0.29, 0.717) is 0 Å². The van der Waals surface area contributed by atoms with Gasteiger partial charge < -0.3 is 15.1 Å². The van der Waals surface area contributed by atoms with Gasteiger partial charge in [0, 0.05) is 5.78 Å². The summed E-state index contributed by atoms with van der Waals surface area (Å²) in [6, 6.07) is 0. The van der Waals surface area contributed by atoms with Crippen molar-refractivity contribution in [2.75, 3.05) is 0 Å². The van der Waals surface area contributed by atoms with E-state index in [2.05, 4.69) is 0 Å². The predicted octanol–water partition coefficient (Wildman–Crippen LogP) is -3.49. The number of hydrogen-bond acceptors (Lipinski definition) is 3.